The number of carbonyl (C=O) groups is 2. The highest BCUT2D eigenvalue weighted by Gasteiger charge is 2.30. The number of urea groups is 1. The Kier molecular flexibility index (Phi) is 6.41. The van der Waals surface area contributed by atoms with Gasteiger partial charge in [-0.2, -0.15) is 0 Å². The lowest BCUT2D eigenvalue weighted by Gasteiger charge is -2.26. The molecule has 0 heterocycles. The molecule has 1 aromatic carbocycles. The smallest absolute Gasteiger partial charge is 0.315 e. The molecule has 6 heteroatoms. The standard InChI is InChI=1S/C20H28ClN3O2/c1-13(25)22-17-9-10-18(12-17)23-20(26)24-19(14-5-2-3-6-14)15-7-4-8-16(21)11-15/h4,7-8,11,14,17-19H,2-3,5-6,9-10,12H2,1H3,(H,22,25)(H2,23,24,26)/t17-,18+,19-/m1/s1. The first-order valence-corrected chi connectivity index (χ1v) is 9.98. The average Bonchev–Trinajstić information content (AvgIpc) is 3.24. The van der Waals surface area contributed by atoms with Gasteiger partial charge in [-0.15, -0.1) is 0 Å². The van der Waals surface area contributed by atoms with Crippen LogP contribution in [0.3, 0.4) is 0 Å². The summed E-state index contributed by atoms with van der Waals surface area (Å²) in [5.41, 5.74) is 1.07. The Morgan fingerprint density at radius 1 is 1.08 bits per heavy atom. The van der Waals surface area contributed by atoms with Gasteiger partial charge in [0, 0.05) is 24.0 Å². The minimum atomic E-state index is -0.129. The number of rotatable bonds is 5. The fourth-order valence-corrected chi connectivity index (χ4v) is 4.56. The molecule has 3 atom stereocenters. The third kappa shape index (κ3) is 5.13. The zero-order valence-corrected chi connectivity index (χ0v) is 16.0. The van der Waals surface area contributed by atoms with E-state index < -0.39 is 0 Å². The normalized spacial score (nSPS) is 24.2. The maximum Gasteiger partial charge on any atom is 0.315 e. The molecule has 0 radical (unpaired) electrons. The second-order valence-electron chi connectivity index (χ2n) is 7.60. The Morgan fingerprint density at radius 2 is 1.77 bits per heavy atom. The number of hydrogen-bond acceptors (Lipinski definition) is 2. The van der Waals surface area contributed by atoms with Gasteiger partial charge < -0.3 is 16.0 Å². The zero-order valence-electron chi connectivity index (χ0n) is 15.3. The summed E-state index contributed by atoms with van der Waals surface area (Å²) < 4.78 is 0. The van der Waals surface area contributed by atoms with E-state index in [2.05, 4.69) is 16.0 Å². The van der Waals surface area contributed by atoms with Crippen LogP contribution in [-0.2, 0) is 4.79 Å². The van der Waals surface area contributed by atoms with Crippen LogP contribution >= 0.6 is 11.6 Å². The topological polar surface area (TPSA) is 70.2 Å². The maximum atomic E-state index is 12.6. The Bertz CT molecular complexity index is 646. The van der Waals surface area contributed by atoms with Crippen LogP contribution in [0.5, 0.6) is 0 Å². The van der Waals surface area contributed by atoms with Crippen molar-refractivity contribution < 1.29 is 9.59 Å². The number of carbonyl (C=O) groups excluding carboxylic acids is 2. The van der Waals surface area contributed by atoms with E-state index in [9.17, 15) is 9.59 Å². The molecule has 5 nitrogen and oxygen atoms in total. The van der Waals surface area contributed by atoms with E-state index in [0.717, 1.165) is 37.7 Å². The predicted octanol–water partition coefficient (Wildman–Crippen LogP) is 3.93. The second kappa shape index (κ2) is 8.76. The molecule has 2 fully saturated rings. The monoisotopic (exact) mass is 377 g/mol. The van der Waals surface area contributed by atoms with Crippen LogP contribution in [0.2, 0.25) is 5.02 Å². The summed E-state index contributed by atoms with van der Waals surface area (Å²) >= 11 is 6.16. The van der Waals surface area contributed by atoms with Crippen LogP contribution in [0.25, 0.3) is 0 Å². The van der Waals surface area contributed by atoms with E-state index >= 15 is 0 Å². The molecular weight excluding hydrogens is 350 g/mol. The quantitative estimate of drug-likeness (QED) is 0.727. The lowest BCUT2D eigenvalue weighted by Crippen LogP contribution is -2.44. The molecule has 0 saturated heterocycles. The van der Waals surface area contributed by atoms with Crippen LogP contribution in [0.15, 0.2) is 24.3 Å². The fraction of sp³-hybridized carbons (Fsp3) is 0.600. The van der Waals surface area contributed by atoms with Crippen molar-refractivity contribution in [2.75, 3.05) is 0 Å². The van der Waals surface area contributed by atoms with Crippen LogP contribution in [0, 0.1) is 5.92 Å². The van der Waals surface area contributed by atoms with E-state index in [0.29, 0.717) is 10.9 Å². The molecular formula is C20H28ClN3O2. The van der Waals surface area contributed by atoms with Gasteiger partial charge >= 0.3 is 6.03 Å². The molecule has 3 amide bonds. The molecule has 3 rings (SSSR count). The molecule has 0 aliphatic heterocycles. The maximum absolute atomic E-state index is 12.6. The van der Waals surface area contributed by atoms with Gasteiger partial charge in [0.1, 0.15) is 0 Å². The Morgan fingerprint density at radius 3 is 2.42 bits per heavy atom. The SMILES string of the molecule is CC(=O)N[C@@H]1CC[C@H](NC(=O)N[C@@H](c2cccc(Cl)c2)C2CCCC2)C1. The van der Waals surface area contributed by atoms with Crippen molar-refractivity contribution in [1.29, 1.82) is 0 Å². The van der Waals surface area contributed by atoms with Gasteiger partial charge in [-0.25, -0.2) is 4.79 Å². The summed E-state index contributed by atoms with van der Waals surface area (Å²) in [7, 11) is 0. The van der Waals surface area contributed by atoms with Crippen molar-refractivity contribution >= 4 is 23.5 Å². The van der Waals surface area contributed by atoms with E-state index in [4.69, 9.17) is 11.6 Å². The van der Waals surface area contributed by atoms with Crippen LogP contribution < -0.4 is 16.0 Å². The number of halogens is 1. The molecule has 26 heavy (non-hydrogen) atoms. The van der Waals surface area contributed by atoms with Gasteiger partial charge in [0.15, 0.2) is 0 Å². The Balaban J connectivity index is 1.60. The highest BCUT2D eigenvalue weighted by molar-refractivity contribution is 6.30. The highest BCUT2D eigenvalue weighted by Crippen LogP contribution is 2.36. The summed E-state index contributed by atoms with van der Waals surface area (Å²) in [5, 5.41) is 9.91. The molecule has 142 valence electrons. The van der Waals surface area contributed by atoms with Crippen molar-refractivity contribution in [2.24, 2.45) is 5.92 Å². The van der Waals surface area contributed by atoms with Crippen LogP contribution in [0.4, 0.5) is 4.79 Å². The van der Waals surface area contributed by atoms with Gasteiger partial charge in [0.25, 0.3) is 0 Å². The van der Waals surface area contributed by atoms with E-state index in [1.807, 2.05) is 24.3 Å². The van der Waals surface area contributed by atoms with Crippen molar-refractivity contribution in [3.63, 3.8) is 0 Å². The van der Waals surface area contributed by atoms with Gasteiger partial charge in [-0.05, 0) is 55.7 Å². The second-order valence-corrected chi connectivity index (χ2v) is 8.04. The van der Waals surface area contributed by atoms with Gasteiger partial charge in [-0.1, -0.05) is 36.6 Å². The number of benzene rings is 1. The lowest BCUT2D eigenvalue weighted by molar-refractivity contribution is -0.119. The molecule has 3 N–H and O–H groups in total. The van der Waals surface area contributed by atoms with Gasteiger partial charge in [0.2, 0.25) is 5.91 Å². The van der Waals surface area contributed by atoms with E-state index in [1.165, 1.54) is 19.8 Å². The summed E-state index contributed by atoms with van der Waals surface area (Å²) in [6, 6.07) is 7.92. The fourth-order valence-electron chi connectivity index (χ4n) is 4.36. The Hall–Kier alpha value is -1.75. The third-order valence-corrected chi connectivity index (χ3v) is 5.78. The highest BCUT2D eigenvalue weighted by atomic mass is 35.5. The van der Waals surface area contributed by atoms with E-state index in [1.54, 1.807) is 0 Å². The van der Waals surface area contributed by atoms with Crippen LogP contribution in [0.1, 0.15) is 63.5 Å². The number of amides is 3. The molecule has 1 aromatic rings. The number of nitrogens with one attached hydrogen (secondary N) is 3. The van der Waals surface area contributed by atoms with Gasteiger partial charge in [0.05, 0.1) is 6.04 Å². The van der Waals surface area contributed by atoms with Crippen LogP contribution in [-0.4, -0.2) is 24.0 Å². The van der Waals surface area contributed by atoms with Crippen molar-refractivity contribution in [3.05, 3.63) is 34.9 Å². The first-order chi connectivity index (χ1) is 12.5. The van der Waals surface area contributed by atoms with E-state index in [-0.39, 0.29) is 30.1 Å². The average molecular weight is 378 g/mol. The minimum Gasteiger partial charge on any atom is -0.354 e. The predicted molar refractivity (Wildman–Crippen MR) is 103 cm³/mol. The number of hydrogen-bond donors (Lipinski definition) is 3. The largest absolute Gasteiger partial charge is 0.354 e. The minimum absolute atomic E-state index is 0.0104. The molecule has 2 aliphatic carbocycles. The lowest BCUT2D eigenvalue weighted by atomic mass is 9.92. The van der Waals surface area contributed by atoms with Crippen molar-refractivity contribution in [1.82, 2.24) is 16.0 Å². The summed E-state index contributed by atoms with van der Waals surface area (Å²) in [5.74, 6) is 0.442. The molecule has 0 spiro atoms. The Labute approximate surface area is 160 Å². The molecule has 0 bridgehead atoms. The third-order valence-electron chi connectivity index (χ3n) is 5.54. The summed E-state index contributed by atoms with van der Waals surface area (Å²) in [6.45, 7) is 1.53. The summed E-state index contributed by atoms with van der Waals surface area (Å²) in [4.78, 5) is 23.8. The summed E-state index contributed by atoms with van der Waals surface area (Å²) in [6.07, 6.45) is 7.28. The zero-order chi connectivity index (χ0) is 18.5. The first kappa shape index (κ1) is 19.0. The first-order valence-electron chi connectivity index (χ1n) is 9.61. The van der Waals surface area contributed by atoms with Crippen molar-refractivity contribution in [2.45, 2.75) is 70.0 Å². The molecule has 0 aromatic heterocycles. The molecule has 0 unspecified atom stereocenters. The van der Waals surface area contributed by atoms with Gasteiger partial charge in [-0.3, -0.25) is 4.79 Å². The molecule has 2 saturated carbocycles. The molecule has 2 aliphatic rings. The van der Waals surface area contributed by atoms with Crippen molar-refractivity contribution in [3.8, 4) is 0 Å².